The van der Waals surface area contributed by atoms with Crippen LogP contribution in [0.25, 0.3) is 0 Å². The predicted molar refractivity (Wildman–Crippen MR) is 45.3 cm³/mol. The Labute approximate surface area is 67.1 Å². The summed E-state index contributed by atoms with van der Waals surface area (Å²) in [6, 6.07) is 7.67. The number of hydrogen-bond acceptors (Lipinski definition) is 0. The standard InChI is InChI=1S/C10H13F/c1-8(2)10-5-3-4-9(6-10)7-11/h3-6,8H,7H2,1-2H3. The lowest BCUT2D eigenvalue weighted by Crippen LogP contribution is -1.88. The lowest BCUT2D eigenvalue weighted by Gasteiger charge is -2.05. The number of hydrogen-bond donors (Lipinski definition) is 0. The van der Waals surface area contributed by atoms with Crippen molar-refractivity contribution >= 4 is 0 Å². The fourth-order valence-electron chi connectivity index (χ4n) is 1.04. The summed E-state index contributed by atoms with van der Waals surface area (Å²) in [5, 5.41) is 0. The molecule has 1 rings (SSSR count). The SMILES string of the molecule is CC(C)c1cccc(CF)c1. The van der Waals surface area contributed by atoms with Crippen LogP contribution in [0.2, 0.25) is 0 Å². The largest absolute Gasteiger partial charge is 0.246 e. The summed E-state index contributed by atoms with van der Waals surface area (Å²) in [5.74, 6) is 0.487. The molecule has 0 radical (unpaired) electrons. The quantitative estimate of drug-likeness (QED) is 0.610. The van der Waals surface area contributed by atoms with Gasteiger partial charge in [-0.1, -0.05) is 38.1 Å². The molecule has 1 aromatic carbocycles. The maximum atomic E-state index is 12.2. The first-order valence-electron chi connectivity index (χ1n) is 3.89. The first-order chi connectivity index (χ1) is 5.24. The van der Waals surface area contributed by atoms with Gasteiger partial charge in [0.15, 0.2) is 0 Å². The van der Waals surface area contributed by atoms with E-state index < -0.39 is 0 Å². The van der Waals surface area contributed by atoms with Crippen LogP contribution in [-0.2, 0) is 6.67 Å². The molecule has 0 spiro atoms. The second kappa shape index (κ2) is 3.51. The first-order valence-corrected chi connectivity index (χ1v) is 3.89. The molecule has 0 aliphatic carbocycles. The average molecular weight is 152 g/mol. The zero-order valence-electron chi connectivity index (χ0n) is 6.97. The van der Waals surface area contributed by atoms with Crippen LogP contribution in [-0.4, -0.2) is 0 Å². The zero-order valence-corrected chi connectivity index (χ0v) is 6.97. The third kappa shape index (κ3) is 2.04. The van der Waals surface area contributed by atoms with Crippen LogP contribution in [0.3, 0.4) is 0 Å². The van der Waals surface area contributed by atoms with Crippen molar-refractivity contribution in [3.8, 4) is 0 Å². The van der Waals surface area contributed by atoms with Gasteiger partial charge in [-0.2, -0.15) is 0 Å². The van der Waals surface area contributed by atoms with Crippen LogP contribution in [0.4, 0.5) is 4.39 Å². The van der Waals surface area contributed by atoms with Crippen molar-refractivity contribution in [2.45, 2.75) is 26.4 Å². The molecule has 0 bridgehead atoms. The van der Waals surface area contributed by atoms with Gasteiger partial charge in [0.2, 0.25) is 0 Å². The van der Waals surface area contributed by atoms with E-state index in [0.29, 0.717) is 5.92 Å². The number of halogens is 1. The Bertz CT molecular complexity index is 228. The zero-order chi connectivity index (χ0) is 8.27. The van der Waals surface area contributed by atoms with E-state index in [0.717, 1.165) is 5.56 Å². The van der Waals surface area contributed by atoms with Gasteiger partial charge < -0.3 is 0 Å². The Morgan fingerprint density at radius 3 is 2.64 bits per heavy atom. The van der Waals surface area contributed by atoms with E-state index in [4.69, 9.17) is 0 Å². The van der Waals surface area contributed by atoms with Crippen molar-refractivity contribution in [1.29, 1.82) is 0 Å². The Balaban J connectivity index is 2.91. The number of alkyl halides is 1. The third-order valence-electron chi connectivity index (χ3n) is 1.77. The van der Waals surface area contributed by atoms with Crippen molar-refractivity contribution in [1.82, 2.24) is 0 Å². The summed E-state index contributed by atoms with van der Waals surface area (Å²) in [7, 11) is 0. The van der Waals surface area contributed by atoms with E-state index in [9.17, 15) is 4.39 Å². The highest BCUT2D eigenvalue weighted by atomic mass is 19.1. The molecule has 1 aromatic rings. The average Bonchev–Trinajstić information content (AvgIpc) is 2.05. The van der Waals surface area contributed by atoms with E-state index in [1.165, 1.54) is 5.56 Å². The monoisotopic (exact) mass is 152 g/mol. The van der Waals surface area contributed by atoms with Gasteiger partial charge in [0.05, 0.1) is 0 Å². The molecule has 0 aliphatic rings. The molecule has 0 aromatic heterocycles. The molecule has 11 heavy (non-hydrogen) atoms. The maximum absolute atomic E-state index is 12.2. The molecule has 0 atom stereocenters. The number of benzene rings is 1. The minimum absolute atomic E-state index is 0.361. The molecule has 0 amide bonds. The summed E-state index contributed by atoms with van der Waals surface area (Å²) in [6.07, 6.45) is 0. The molecule has 1 heteroatoms. The van der Waals surface area contributed by atoms with Gasteiger partial charge in [-0.15, -0.1) is 0 Å². The lowest BCUT2D eigenvalue weighted by molar-refractivity contribution is 0.485. The van der Waals surface area contributed by atoms with E-state index >= 15 is 0 Å². The minimum atomic E-state index is -0.361. The fourth-order valence-corrected chi connectivity index (χ4v) is 1.04. The number of rotatable bonds is 2. The van der Waals surface area contributed by atoms with Gasteiger partial charge >= 0.3 is 0 Å². The Morgan fingerprint density at radius 2 is 2.09 bits per heavy atom. The normalized spacial score (nSPS) is 10.5. The van der Waals surface area contributed by atoms with E-state index in [1.807, 2.05) is 24.3 Å². The molecule has 60 valence electrons. The summed E-state index contributed by atoms with van der Waals surface area (Å²) in [6.45, 7) is 3.86. The van der Waals surface area contributed by atoms with Gasteiger partial charge in [-0.05, 0) is 17.0 Å². The molecule has 0 N–H and O–H groups in total. The Hall–Kier alpha value is -0.850. The van der Waals surface area contributed by atoms with Gasteiger partial charge in [-0.25, -0.2) is 4.39 Å². The smallest absolute Gasteiger partial charge is 0.115 e. The maximum Gasteiger partial charge on any atom is 0.115 e. The minimum Gasteiger partial charge on any atom is -0.246 e. The molecule has 0 saturated carbocycles. The van der Waals surface area contributed by atoms with Crippen LogP contribution in [0.1, 0.15) is 30.9 Å². The van der Waals surface area contributed by atoms with E-state index in [1.54, 1.807) is 0 Å². The van der Waals surface area contributed by atoms with Crippen molar-refractivity contribution in [2.75, 3.05) is 0 Å². The lowest BCUT2D eigenvalue weighted by atomic mass is 10.0. The molecule has 0 fully saturated rings. The second-order valence-corrected chi connectivity index (χ2v) is 3.03. The topological polar surface area (TPSA) is 0 Å². The summed E-state index contributed by atoms with van der Waals surface area (Å²) in [4.78, 5) is 0. The van der Waals surface area contributed by atoms with E-state index in [2.05, 4.69) is 13.8 Å². The highest BCUT2D eigenvalue weighted by Gasteiger charge is 1.98. The van der Waals surface area contributed by atoms with Crippen LogP contribution in [0.5, 0.6) is 0 Å². The first kappa shape index (κ1) is 8.25. The summed E-state index contributed by atoms with van der Waals surface area (Å²) in [5.41, 5.74) is 1.98. The van der Waals surface area contributed by atoms with Crippen LogP contribution < -0.4 is 0 Å². The molecule has 0 nitrogen and oxygen atoms in total. The van der Waals surface area contributed by atoms with Gasteiger partial charge in [-0.3, -0.25) is 0 Å². The van der Waals surface area contributed by atoms with Gasteiger partial charge in [0, 0.05) is 0 Å². The van der Waals surface area contributed by atoms with Crippen molar-refractivity contribution in [3.05, 3.63) is 35.4 Å². The summed E-state index contributed by atoms with van der Waals surface area (Å²) < 4.78 is 12.2. The predicted octanol–water partition coefficient (Wildman–Crippen LogP) is 3.28. The Morgan fingerprint density at radius 1 is 1.36 bits per heavy atom. The molecular formula is C10H13F. The van der Waals surface area contributed by atoms with Crippen LogP contribution in [0.15, 0.2) is 24.3 Å². The van der Waals surface area contributed by atoms with Crippen LogP contribution >= 0.6 is 0 Å². The third-order valence-corrected chi connectivity index (χ3v) is 1.77. The highest BCUT2D eigenvalue weighted by molar-refractivity contribution is 5.25. The molecule has 0 saturated heterocycles. The highest BCUT2D eigenvalue weighted by Crippen LogP contribution is 2.15. The van der Waals surface area contributed by atoms with E-state index in [-0.39, 0.29) is 6.67 Å². The van der Waals surface area contributed by atoms with Gasteiger partial charge in [0.25, 0.3) is 0 Å². The van der Waals surface area contributed by atoms with Gasteiger partial charge in [0.1, 0.15) is 6.67 Å². The second-order valence-electron chi connectivity index (χ2n) is 3.03. The molecular weight excluding hydrogens is 139 g/mol. The van der Waals surface area contributed by atoms with Crippen molar-refractivity contribution in [3.63, 3.8) is 0 Å². The van der Waals surface area contributed by atoms with Crippen molar-refractivity contribution in [2.24, 2.45) is 0 Å². The molecule has 0 unspecified atom stereocenters. The molecule has 0 aliphatic heterocycles. The molecule has 0 heterocycles. The van der Waals surface area contributed by atoms with Crippen molar-refractivity contribution < 1.29 is 4.39 Å². The van der Waals surface area contributed by atoms with Crippen LogP contribution in [0, 0.1) is 0 Å². The Kier molecular flexibility index (Phi) is 2.64. The fraction of sp³-hybridized carbons (Fsp3) is 0.400. The summed E-state index contributed by atoms with van der Waals surface area (Å²) >= 11 is 0.